The molecule has 1 aliphatic carbocycles. The van der Waals surface area contributed by atoms with Crippen LogP contribution in [0.15, 0.2) is 47.5 Å². The fraction of sp³-hybridized carbons (Fsp3) is 0.375. The third-order valence-electron chi connectivity index (χ3n) is 6.50. The summed E-state index contributed by atoms with van der Waals surface area (Å²) in [5.41, 5.74) is 4.60. The van der Waals surface area contributed by atoms with Gasteiger partial charge in [-0.15, -0.1) is 0 Å². The minimum absolute atomic E-state index is 0.0299. The summed E-state index contributed by atoms with van der Waals surface area (Å²) < 4.78 is 3.75. The first-order valence-electron chi connectivity index (χ1n) is 10.8. The molecule has 6 heteroatoms. The number of pyridine rings is 1. The molecule has 1 aromatic carbocycles. The second kappa shape index (κ2) is 7.55. The summed E-state index contributed by atoms with van der Waals surface area (Å²) >= 11 is 6.08. The van der Waals surface area contributed by atoms with Crippen LogP contribution in [0.3, 0.4) is 0 Å². The van der Waals surface area contributed by atoms with Gasteiger partial charge in [-0.25, -0.2) is 9.50 Å². The second-order valence-corrected chi connectivity index (χ2v) is 8.77. The summed E-state index contributed by atoms with van der Waals surface area (Å²) in [7, 11) is 0. The molecule has 0 N–H and O–H groups in total. The van der Waals surface area contributed by atoms with Gasteiger partial charge in [0.25, 0.3) is 5.56 Å². The third kappa shape index (κ3) is 3.03. The number of halogens is 1. The van der Waals surface area contributed by atoms with Crippen molar-refractivity contribution in [2.45, 2.75) is 52.0 Å². The monoisotopic (exact) mass is 420 g/mol. The molecule has 1 fully saturated rings. The van der Waals surface area contributed by atoms with Crippen LogP contribution in [0.1, 0.15) is 51.3 Å². The number of fused-ring (bicyclic) bond motifs is 3. The van der Waals surface area contributed by atoms with Gasteiger partial charge in [-0.05, 0) is 48.9 Å². The summed E-state index contributed by atoms with van der Waals surface area (Å²) in [5, 5.41) is 6.15. The smallest absolute Gasteiger partial charge is 0.261 e. The molecular weight excluding hydrogens is 396 g/mol. The molecule has 1 saturated carbocycles. The Labute approximate surface area is 180 Å². The molecule has 3 heterocycles. The minimum atomic E-state index is 0.0299. The van der Waals surface area contributed by atoms with Crippen LogP contribution in [-0.2, 0) is 6.42 Å². The van der Waals surface area contributed by atoms with Crippen molar-refractivity contribution in [3.63, 3.8) is 0 Å². The minimum Gasteiger partial charge on any atom is -0.312 e. The van der Waals surface area contributed by atoms with E-state index in [4.69, 9.17) is 21.7 Å². The van der Waals surface area contributed by atoms with Gasteiger partial charge in [0.1, 0.15) is 0 Å². The maximum Gasteiger partial charge on any atom is 0.261 e. The Morgan fingerprint density at radius 2 is 1.90 bits per heavy atom. The molecule has 0 unspecified atom stereocenters. The van der Waals surface area contributed by atoms with Gasteiger partial charge in [0.05, 0.1) is 16.6 Å². The molecule has 0 saturated heterocycles. The maximum atomic E-state index is 13.4. The second-order valence-electron chi connectivity index (χ2n) is 8.33. The lowest BCUT2D eigenvalue weighted by Crippen LogP contribution is -2.30. The topological polar surface area (TPSA) is 52.2 Å². The number of hydrogen-bond donors (Lipinski definition) is 0. The van der Waals surface area contributed by atoms with E-state index in [2.05, 4.69) is 13.8 Å². The summed E-state index contributed by atoms with van der Waals surface area (Å²) in [4.78, 5) is 18.0. The molecule has 0 amide bonds. The van der Waals surface area contributed by atoms with Gasteiger partial charge in [0, 0.05) is 29.0 Å². The van der Waals surface area contributed by atoms with E-state index in [9.17, 15) is 4.79 Å². The zero-order chi connectivity index (χ0) is 20.8. The molecule has 3 aromatic heterocycles. The van der Waals surface area contributed by atoms with Gasteiger partial charge in [-0.2, -0.15) is 5.10 Å². The van der Waals surface area contributed by atoms with Crippen LogP contribution in [0.5, 0.6) is 0 Å². The largest absolute Gasteiger partial charge is 0.312 e. The van der Waals surface area contributed by atoms with E-state index < -0.39 is 0 Å². The Balaban J connectivity index is 1.72. The van der Waals surface area contributed by atoms with E-state index in [0.717, 1.165) is 40.8 Å². The van der Waals surface area contributed by atoms with Crippen molar-refractivity contribution < 1.29 is 0 Å². The first-order valence-corrected chi connectivity index (χ1v) is 11.1. The number of benzene rings is 1. The molecule has 1 aliphatic rings. The van der Waals surface area contributed by atoms with Crippen LogP contribution < -0.4 is 5.56 Å². The summed E-state index contributed by atoms with van der Waals surface area (Å²) in [6.45, 7) is 4.34. The third-order valence-corrected chi connectivity index (χ3v) is 6.75. The summed E-state index contributed by atoms with van der Waals surface area (Å²) in [6.07, 6.45) is 9.12. The Morgan fingerprint density at radius 1 is 1.13 bits per heavy atom. The molecule has 4 aromatic rings. The van der Waals surface area contributed by atoms with Crippen LogP contribution in [0.2, 0.25) is 5.02 Å². The molecule has 154 valence electrons. The highest BCUT2D eigenvalue weighted by Crippen LogP contribution is 2.34. The fourth-order valence-electron chi connectivity index (χ4n) is 4.86. The molecular formula is C24H25ClN4O. The Kier molecular flexibility index (Phi) is 4.86. The number of aryl methyl sites for hydroxylation is 1. The lowest BCUT2D eigenvalue weighted by Gasteiger charge is -2.30. The van der Waals surface area contributed by atoms with Crippen molar-refractivity contribution in [3.05, 3.63) is 63.8 Å². The van der Waals surface area contributed by atoms with Gasteiger partial charge in [-0.3, -0.25) is 4.79 Å². The molecule has 5 rings (SSSR count). The SMILES string of the molecule is CCc1nn2c(ncc3c(=O)n([C@H]4CCCC[C@H]4C)ccc32)c1-c1ccc(Cl)cc1. The van der Waals surface area contributed by atoms with Gasteiger partial charge in [0.2, 0.25) is 0 Å². The van der Waals surface area contributed by atoms with Crippen molar-refractivity contribution in [3.8, 4) is 11.1 Å². The van der Waals surface area contributed by atoms with Gasteiger partial charge >= 0.3 is 0 Å². The van der Waals surface area contributed by atoms with Crippen molar-refractivity contribution in [2.75, 3.05) is 0 Å². The standard InChI is InChI=1S/C24H25ClN4O/c1-3-19-22(16-8-10-17(25)11-9-16)23-26-14-18-21(29(23)27-19)12-13-28(24(18)30)20-7-5-4-6-15(20)2/h8-15,20H,3-7H2,1-2H3/t15-,20+/m1/s1. The van der Waals surface area contributed by atoms with Crippen molar-refractivity contribution in [1.82, 2.24) is 19.2 Å². The van der Waals surface area contributed by atoms with E-state index in [1.807, 2.05) is 45.6 Å². The van der Waals surface area contributed by atoms with Gasteiger partial charge in [0.15, 0.2) is 5.65 Å². The number of aromatic nitrogens is 4. The van der Waals surface area contributed by atoms with E-state index in [1.165, 1.54) is 19.3 Å². The van der Waals surface area contributed by atoms with E-state index >= 15 is 0 Å². The maximum absolute atomic E-state index is 13.4. The predicted molar refractivity (Wildman–Crippen MR) is 121 cm³/mol. The first kappa shape index (κ1) is 19.3. The molecule has 0 spiro atoms. The molecule has 0 bridgehead atoms. The van der Waals surface area contributed by atoms with Crippen LogP contribution in [-0.4, -0.2) is 19.2 Å². The lowest BCUT2D eigenvalue weighted by molar-refractivity contribution is 0.253. The molecule has 30 heavy (non-hydrogen) atoms. The highest BCUT2D eigenvalue weighted by atomic mass is 35.5. The zero-order valence-corrected chi connectivity index (χ0v) is 18.1. The van der Waals surface area contributed by atoms with Crippen LogP contribution >= 0.6 is 11.6 Å². The van der Waals surface area contributed by atoms with Crippen LogP contribution in [0.25, 0.3) is 27.7 Å². The first-order chi connectivity index (χ1) is 14.6. The predicted octanol–water partition coefficient (Wildman–Crippen LogP) is 5.68. The average molecular weight is 421 g/mol. The van der Waals surface area contributed by atoms with E-state index in [-0.39, 0.29) is 11.6 Å². The lowest BCUT2D eigenvalue weighted by atomic mass is 9.85. The number of nitrogens with zero attached hydrogens (tertiary/aromatic N) is 4. The van der Waals surface area contributed by atoms with Gasteiger partial charge < -0.3 is 4.57 Å². The Hall–Kier alpha value is -2.66. The quantitative estimate of drug-likeness (QED) is 0.428. The molecule has 5 nitrogen and oxygen atoms in total. The van der Waals surface area contributed by atoms with E-state index in [0.29, 0.717) is 16.3 Å². The van der Waals surface area contributed by atoms with Crippen LogP contribution in [0.4, 0.5) is 0 Å². The molecule has 2 atom stereocenters. The van der Waals surface area contributed by atoms with Crippen LogP contribution in [0, 0.1) is 5.92 Å². The van der Waals surface area contributed by atoms with Crippen molar-refractivity contribution in [2.24, 2.45) is 5.92 Å². The Morgan fingerprint density at radius 3 is 2.63 bits per heavy atom. The average Bonchev–Trinajstić information content (AvgIpc) is 3.14. The number of rotatable bonds is 3. The van der Waals surface area contributed by atoms with E-state index in [1.54, 1.807) is 6.20 Å². The normalized spacial score (nSPS) is 19.6. The summed E-state index contributed by atoms with van der Waals surface area (Å²) in [5.74, 6) is 0.512. The fourth-order valence-corrected chi connectivity index (χ4v) is 4.99. The summed E-state index contributed by atoms with van der Waals surface area (Å²) in [6, 6.07) is 10.0. The highest BCUT2D eigenvalue weighted by Gasteiger charge is 2.25. The van der Waals surface area contributed by atoms with Crippen molar-refractivity contribution >= 4 is 28.2 Å². The number of hydrogen-bond acceptors (Lipinski definition) is 3. The molecule has 0 radical (unpaired) electrons. The Bertz CT molecular complexity index is 1290. The zero-order valence-electron chi connectivity index (χ0n) is 17.3. The van der Waals surface area contributed by atoms with Gasteiger partial charge in [-0.1, -0.05) is 50.4 Å². The van der Waals surface area contributed by atoms with Crippen molar-refractivity contribution in [1.29, 1.82) is 0 Å². The highest BCUT2D eigenvalue weighted by molar-refractivity contribution is 6.30. The molecule has 0 aliphatic heterocycles.